The van der Waals surface area contributed by atoms with E-state index in [1.165, 1.54) is 17.3 Å². The molecule has 0 spiro atoms. The second-order valence-corrected chi connectivity index (χ2v) is 7.60. The highest BCUT2D eigenvalue weighted by Gasteiger charge is 2.30. The molecule has 5 rings (SSSR count). The molecule has 2 aliphatic rings. The predicted molar refractivity (Wildman–Crippen MR) is 104 cm³/mol. The Bertz CT molecular complexity index is 1050. The summed E-state index contributed by atoms with van der Waals surface area (Å²) in [5.41, 5.74) is 2.94. The van der Waals surface area contributed by atoms with Crippen LogP contribution in [0.2, 0.25) is 0 Å². The van der Waals surface area contributed by atoms with Gasteiger partial charge in [0.1, 0.15) is 0 Å². The van der Waals surface area contributed by atoms with Crippen molar-refractivity contribution >= 4 is 23.4 Å². The molecule has 28 heavy (non-hydrogen) atoms. The van der Waals surface area contributed by atoms with Crippen LogP contribution in [0.4, 0.5) is 5.69 Å². The minimum atomic E-state index is 0.0327. The molecule has 1 amide bonds. The highest BCUT2D eigenvalue weighted by molar-refractivity contribution is 7.99. The number of nitrogens with zero attached hydrogens (tertiary/aromatic N) is 3. The summed E-state index contributed by atoms with van der Waals surface area (Å²) in [6.45, 7) is 2.27. The number of thioether (sulfide) groups is 1. The molecular weight excluding hydrogens is 378 g/mol. The van der Waals surface area contributed by atoms with E-state index in [9.17, 15) is 4.79 Å². The molecule has 0 radical (unpaired) electrons. The third-order valence-corrected chi connectivity index (χ3v) is 5.62. The fourth-order valence-corrected chi connectivity index (χ4v) is 4.18. The second kappa shape index (κ2) is 6.87. The maximum absolute atomic E-state index is 12.8. The molecule has 0 aliphatic carbocycles. The van der Waals surface area contributed by atoms with E-state index in [1.807, 2.05) is 35.2 Å². The van der Waals surface area contributed by atoms with Crippen LogP contribution in [0, 0.1) is 0 Å². The zero-order valence-electron chi connectivity index (χ0n) is 15.1. The van der Waals surface area contributed by atoms with E-state index in [4.69, 9.17) is 13.9 Å². The molecule has 3 aromatic rings. The quantitative estimate of drug-likeness (QED) is 0.625. The molecule has 1 aromatic heterocycles. The highest BCUT2D eigenvalue weighted by Crippen LogP contribution is 2.36. The summed E-state index contributed by atoms with van der Waals surface area (Å²) in [7, 11) is 0. The molecule has 1 atom stereocenters. The first-order chi connectivity index (χ1) is 13.7. The average Bonchev–Trinajstić information content (AvgIpc) is 3.42. The fraction of sp³-hybridized carbons (Fsp3) is 0.250. The van der Waals surface area contributed by atoms with Gasteiger partial charge in [-0.1, -0.05) is 30.0 Å². The van der Waals surface area contributed by atoms with E-state index < -0.39 is 0 Å². The van der Waals surface area contributed by atoms with Gasteiger partial charge in [0, 0.05) is 17.3 Å². The fourth-order valence-electron chi connectivity index (χ4n) is 3.55. The summed E-state index contributed by atoms with van der Waals surface area (Å²) in [5.74, 6) is 2.00. The van der Waals surface area contributed by atoms with Gasteiger partial charge >= 0.3 is 0 Å². The number of carbonyl (C=O) groups excluding carboxylic acids is 1. The van der Waals surface area contributed by atoms with Crippen molar-refractivity contribution in [3.8, 4) is 23.0 Å². The lowest BCUT2D eigenvalue weighted by molar-refractivity contribution is -0.116. The summed E-state index contributed by atoms with van der Waals surface area (Å²) in [5, 5.41) is 8.49. The minimum Gasteiger partial charge on any atom is -0.454 e. The van der Waals surface area contributed by atoms with E-state index in [1.54, 1.807) is 6.07 Å². The van der Waals surface area contributed by atoms with Gasteiger partial charge in [-0.05, 0) is 43.2 Å². The van der Waals surface area contributed by atoms with E-state index in [0.717, 1.165) is 17.7 Å². The molecule has 3 heterocycles. The van der Waals surface area contributed by atoms with Gasteiger partial charge in [0.05, 0.1) is 5.75 Å². The van der Waals surface area contributed by atoms with Crippen molar-refractivity contribution in [2.24, 2.45) is 0 Å². The Morgan fingerprint density at radius 3 is 2.96 bits per heavy atom. The first kappa shape index (κ1) is 17.1. The van der Waals surface area contributed by atoms with Crippen molar-refractivity contribution in [2.75, 3.05) is 17.4 Å². The zero-order valence-corrected chi connectivity index (χ0v) is 15.9. The number of hydrogen-bond acceptors (Lipinski definition) is 7. The molecule has 8 heteroatoms. The molecule has 142 valence electrons. The number of aromatic nitrogens is 2. The lowest BCUT2D eigenvalue weighted by Crippen LogP contribution is -2.36. The summed E-state index contributed by atoms with van der Waals surface area (Å²) < 4.78 is 16.4. The Morgan fingerprint density at radius 1 is 1.18 bits per heavy atom. The molecule has 7 nitrogen and oxygen atoms in total. The summed E-state index contributed by atoms with van der Waals surface area (Å²) in [4.78, 5) is 14.6. The lowest BCUT2D eigenvalue weighted by Gasteiger charge is -2.22. The van der Waals surface area contributed by atoms with Crippen LogP contribution >= 0.6 is 11.8 Å². The maximum atomic E-state index is 12.8. The first-order valence-corrected chi connectivity index (χ1v) is 9.94. The van der Waals surface area contributed by atoms with E-state index in [2.05, 4.69) is 23.2 Å². The van der Waals surface area contributed by atoms with Crippen molar-refractivity contribution in [1.29, 1.82) is 0 Å². The molecule has 0 N–H and O–H groups in total. The van der Waals surface area contributed by atoms with Crippen molar-refractivity contribution in [2.45, 2.75) is 24.6 Å². The number of rotatable bonds is 4. The number of benzene rings is 2. The van der Waals surface area contributed by atoms with E-state index in [0.29, 0.717) is 22.6 Å². The third kappa shape index (κ3) is 2.99. The Balaban J connectivity index is 1.27. The zero-order chi connectivity index (χ0) is 19.1. The Morgan fingerprint density at radius 2 is 2.04 bits per heavy atom. The standard InChI is InChI=1S/C20H17N3O4S/c1-12-8-13-4-2-3-5-15(13)23(12)18(24)10-28-20-22-21-19(27-20)14-6-7-16-17(9-14)26-11-25-16/h2-7,9,12H,8,10-11H2,1H3. The molecule has 2 aromatic carbocycles. The Hall–Kier alpha value is -3.00. The molecule has 0 bridgehead atoms. The number of ether oxygens (including phenoxy) is 2. The van der Waals surface area contributed by atoms with Crippen LogP contribution in [0.15, 0.2) is 52.1 Å². The number of anilines is 1. The average molecular weight is 395 g/mol. The molecule has 0 saturated heterocycles. The van der Waals surface area contributed by atoms with Crippen LogP contribution < -0.4 is 14.4 Å². The molecule has 2 aliphatic heterocycles. The second-order valence-electron chi connectivity index (χ2n) is 6.68. The summed E-state index contributed by atoms with van der Waals surface area (Å²) in [6, 6.07) is 13.6. The van der Waals surface area contributed by atoms with Crippen molar-refractivity contribution in [1.82, 2.24) is 10.2 Å². The number of hydrogen-bond donors (Lipinski definition) is 0. The van der Waals surface area contributed by atoms with E-state index >= 15 is 0 Å². The molecular formula is C20H17N3O4S. The van der Waals surface area contributed by atoms with Crippen molar-refractivity contribution in [3.63, 3.8) is 0 Å². The normalized spacial score (nSPS) is 17.0. The smallest absolute Gasteiger partial charge is 0.277 e. The van der Waals surface area contributed by atoms with Crippen LogP contribution in [0.25, 0.3) is 11.5 Å². The van der Waals surface area contributed by atoms with Gasteiger partial charge < -0.3 is 18.8 Å². The SMILES string of the molecule is CC1Cc2ccccc2N1C(=O)CSc1nnc(-c2ccc3c(c2)OCO3)o1. The third-order valence-electron chi connectivity index (χ3n) is 4.82. The number of para-hydroxylation sites is 1. The van der Waals surface area contributed by atoms with Gasteiger partial charge in [-0.3, -0.25) is 4.79 Å². The van der Waals surface area contributed by atoms with Crippen molar-refractivity contribution < 1.29 is 18.7 Å². The van der Waals surface area contributed by atoms with Gasteiger partial charge in [0.2, 0.25) is 18.6 Å². The summed E-state index contributed by atoms with van der Waals surface area (Å²) >= 11 is 1.25. The Labute approximate surface area is 165 Å². The van der Waals surface area contributed by atoms with Crippen LogP contribution in [0.5, 0.6) is 11.5 Å². The Kier molecular flexibility index (Phi) is 4.20. The van der Waals surface area contributed by atoms with Gasteiger partial charge in [0.25, 0.3) is 5.22 Å². The van der Waals surface area contributed by atoms with E-state index in [-0.39, 0.29) is 24.5 Å². The molecule has 0 fully saturated rings. The minimum absolute atomic E-state index is 0.0327. The number of amides is 1. The molecule has 1 unspecified atom stereocenters. The van der Waals surface area contributed by atoms with Gasteiger partial charge in [-0.2, -0.15) is 0 Å². The van der Waals surface area contributed by atoms with Crippen molar-refractivity contribution in [3.05, 3.63) is 48.0 Å². The van der Waals surface area contributed by atoms with Gasteiger partial charge in [0.15, 0.2) is 11.5 Å². The van der Waals surface area contributed by atoms with Gasteiger partial charge in [-0.25, -0.2) is 0 Å². The number of carbonyl (C=O) groups is 1. The highest BCUT2D eigenvalue weighted by atomic mass is 32.2. The lowest BCUT2D eigenvalue weighted by atomic mass is 10.1. The topological polar surface area (TPSA) is 77.7 Å². The first-order valence-electron chi connectivity index (χ1n) is 8.95. The van der Waals surface area contributed by atoms with Gasteiger partial charge in [-0.15, -0.1) is 10.2 Å². The van der Waals surface area contributed by atoms with Crippen LogP contribution in [0.1, 0.15) is 12.5 Å². The monoisotopic (exact) mass is 395 g/mol. The predicted octanol–water partition coefficient (Wildman–Crippen LogP) is 3.54. The largest absolute Gasteiger partial charge is 0.454 e. The van der Waals surface area contributed by atoms with Crippen LogP contribution in [-0.2, 0) is 11.2 Å². The van der Waals surface area contributed by atoms with Crippen LogP contribution in [0.3, 0.4) is 0 Å². The maximum Gasteiger partial charge on any atom is 0.277 e. The summed E-state index contributed by atoms with van der Waals surface area (Å²) in [6.07, 6.45) is 0.876. The van der Waals surface area contributed by atoms with Crippen LogP contribution in [-0.4, -0.2) is 34.7 Å². The molecule has 0 saturated carbocycles. The number of fused-ring (bicyclic) bond motifs is 2.